The number of carbonyl (C=O) groups excluding carboxylic acids is 1. The molecule has 0 fully saturated rings. The lowest BCUT2D eigenvalue weighted by molar-refractivity contribution is 0.0897. The number of carbonyl (C=O) groups is 1. The summed E-state index contributed by atoms with van der Waals surface area (Å²) in [5, 5.41) is 6.66. The summed E-state index contributed by atoms with van der Waals surface area (Å²) in [6.45, 7) is 4.81. The minimum absolute atomic E-state index is 0.0501. The van der Waals surface area contributed by atoms with Crippen molar-refractivity contribution in [2.24, 2.45) is 0 Å². The van der Waals surface area contributed by atoms with Crippen molar-refractivity contribution in [2.45, 2.75) is 30.2 Å². The van der Waals surface area contributed by atoms with E-state index in [4.69, 9.17) is 4.52 Å². The molecule has 6 heteroatoms. The summed E-state index contributed by atoms with van der Waals surface area (Å²) >= 11 is 2.17. The molecule has 1 unspecified atom stereocenters. The zero-order valence-corrected chi connectivity index (χ0v) is 13.4. The number of amides is 1. The number of alkyl halides is 1. The van der Waals surface area contributed by atoms with Gasteiger partial charge in [-0.25, -0.2) is 0 Å². The fraction of sp³-hybridized carbons (Fsp3) is 0.667. The van der Waals surface area contributed by atoms with E-state index in [0.29, 0.717) is 22.4 Å². The van der Waals surface area contributed by atoms with Gasteiger partial charge in [-0.15, -0.1) is 0 Å². The summed E-state index contributed by atoms with van der Waals surface area (Å²) in [4.78, 5) is 14.0. The van der Waals surface area contributed by atoms with Crippen LogP contribution in [0.1, 0.15) is 36.5 Å². The Bertz CT molecular complexity index is 406. The number of halogens is 1. The first-order chi connectivity index (χ1) is 8.42. The number of rotatable bonds is 6. The van der Waals surface area contributed by atoms with Gasteiger partial charge in [-0.05, 0) is 27.4 Å². The SMILES string of the molecule is CCC(C)(CNC(=O)c1cc(CI)on1)N(C)C. The maximum atomic E-state index is 11.9. The van der Waals surface area contributed by atoms with E-state index >= 15 is 0 Å². The van der Waals surface area contributed by atoms with Gasteiger partial charge in [0.25, 0.3) is 5.91 Å². The van der Waals surface area contributed by atoms with Crippen LogP contribution in [0, 0.1) is 0 Å². The summed E-state index contributed by atoms with van der Waals surface area (Å²) in [5.41, 5.74) is 0.296. The largest absolute Gasteiger partial charge is 0.360 e. The molecule has 0 spiro atoms. The predicted molar refractivity (Wildman–Crippen MR) is 78.9 cm³/mol. The molecule has 0 bridgehead atoms. The van der Waals surface area contributed by atoms with E-state index in [9.17, 15) is 4.79 Å². The number of nitrogens with one attached hydrogen (secondary N) is 1. The van der Waals surface area contributed by atoms with Crippen LogP contribution in [0.5, 0.6) is 0 Å². The summed E-state index contributed by atoms with van der Waals surface area (Å²) in [7, 11) is 4.03. The van der Waals surface area contributed by atoms with Crippen molar-refractivity contribution < 1.29 is 9.32 Å². The Balaban J connectivity index is 2.60. The highest BCUT2D eigenvalue weighted by Gasteiger charge is 2.25. The highest BCUT2D eigenvalue weighted by atomic mass is 127. The molecule has 102 valence electrons. The van der Waals surface area contributed by atoms with E-state index in [-0.39, 0.29) is 11.4 Å². The van der Waals surface area contributed by atoms with Crippen LogP contribution in [-0.4, -0.2) is 42.1 Å². The molecular weight excluding hydrogens is 345 g/mol. The second-order valence-electron chi connectivity index (χ2n) is 4.74. The van der Waals surface area contributed by atoms with Gasteiger partial charge in [-0.3, -0.25) is 4.79 Å². The van der Waals surface area contributed by atoms with Crippen LogP contribution in [0.25, 0.3) is 0 Å². The third-order valence-corrected chi connectivity index (χ3v) is 4.15. The molecule has 1 aromatic heterocycles. The van der Waals surface area contributed by atoms with Gasteiger partial charge < -0.3 is 14.7 Å². The lowest BCUT2D eigenvalue weighted by Crippen LogP contribution is -2.50. The van der Waals surface area contributed by atoms with Crippen molar-refractivity contribution in [1.82, 2.24) is 15.4 Å². The molecule has 0 aliphatic heterocycles. The van der Waals surface area contributed by atoms with Gasteiger partial charge in [0.1, 0.15) is 5.76 Å². The fourth-order valence-electron chi connectivity index (χ4n) is 1.44. The van der Waals surface area contributed by atoms with Gasteiger partial charge in [0.2, 0.25) is 0 Å². The zero-order valence-electron chi connectivity index (χ0n) is 11.3. The van der Waals surface area contributed by atoms with Crippen molar-refractivity contribution in [3.63, 3.8) is 0 Å². The van der Waals surface area contributed by atoms with Gasteiger partial charge in [0.05, 0.1) is 4.43 Å². The van der Waals surface area contributed by atoms with E-state index in [1.165, 1.54) is 0 Å². The Morgan fingerprint density at radius 1 is 1.61 bits per heavy atom. The van der Waals surface area contributed by atoms with Crippen molar-refractivity contribution >= 4 is 28.5 Å². The van der Waals surface area contributed by atoms with E-state index in [0.717, 1.165) is 6.42 Å². The van der Waals surface area contributed by atoms with Crippen LogP contribution >= 0.6 is 22.6 Å². The predicted octanol–water partition coefficient (Wildman–Crippen LogP) is 2.07. The Morgan fingerprint density at radius 3 is 2.72 bits per heavy atom. The molecule has 0 radical (unpaired) electrons. The minimum Gasteiger partial charge on any atom is -0.360 e. The maximum absolute atomic E-state index is 11.9. The van der Waals surface area contributed by atoms with Crippen LogP contribution < -0.4 is 5.32 Å². The molecule has 5 nitrogen and oxygen atoms in total. The Hall–Kier alpha value is -0.630. The standard InChI is InChI=1S/C12H20IN3O2/c1-5-12(2,16(3)4)8-14-11(17)10-6-9(7-13)18-15-10/h6H,5,7-8H2,1-4H3,(H,14,17). The third-order valence-electron chi connectivity index (χ3n) is 3.39. The Kier molecular flexibility index (Phi) is 5.58. The zero-order chi connectivity index (χ0) is 13.8. The van der Waals surface area contributed by atoms with Gasteiger partial charge in [0.15, 0.2) is 5.69 Å². The topological polar surface area (TPSA) is 58.4 Å². The molecule has 1 atom stereocenters. The third kappa shape index (κ3) is 3.68. The number of aromatic nitrogens is 1. The normalized spacial score (nSPS) is 14.6. The summed E-state index contributed by atoms with van der Waals surface area (Å²) < 4.78 is 5.72. The Morgan fingerprint density at radius 2 is 2.28 bits per heavy atom. The highest BCUT2D eigenvalue weighted by Crippen LogP contribution is 2.15. The van der Waals surface area contributed by atoms with Crippen LogP contribution in [0.2, 0.25) is 0 Å². The van der Waals surface area contributed by atoms with Crippen LogP contribution in [0.15, 0.2) is 10.6 Å². The molecule has 0 aliphatic rings. The van der Waals surface area contributed by atoms with Crippen molar-refractivity contribution in [2.75, 3.05) is 20.6 Å². The number of hydrogen-bond acceptors (Lipinski definition) is 4. The fourth-order valence-corrected chi connectivity index (χ4v) is 1.80. The van der Waals surface area contributed by atoms with Crippen LogP contribution in [0.3, 0.4) is 0 Å². The highest BCUT2D eigenvalue weighted by molar-refractivity contribution is 14.1. The van der Waals surface area contributed by atoms with E-state index in [2.05, 4.69) is 51.8 Å². The summed E-state index contributed by atoms with van der Waals surface area (Å²) in [6.07, 6.45) is 0.956. The van der Waals surface area contributed by atoms with Crippen LogP contribution in [-0.2, 0) is 4.43 Å². The lowest BCUT2D eigenvalue weighted by Gasteiger charge is -2.35. The molecule has 1 N–H and O–H groups in total. The summed E-state index contributed by atoms with van der Waals surface area (Å²) in [5.74, 6) is 0.531. The molecular formula is C12H20IN3O2. The first-order valence-corrected chi connectivity index (χ1v) is 7.42. The average Bonchev–Trinajstić information content (AvgIpc) is 2.84. The number of hydrogen-bond donors (Lipinski definition) is 1. The van der Waals surface area contributed by atoms with E-state index < -0.39 is 0 Å². The molecule has 1 heterocycles. The quantitative estimate of drug-likeness (QED) is 0.620. The Labute approximate surface area is 121 Å². The summed E-state index contributed by atoms with van der Waals surface area (Å²) in [6, 6.07) is 1.68. The average molecular weight is 365 g/mol. The van der Waals surface area contributed by atoms with Crippen molar-refractivity contribution in [3.05, 3.63) is 17.5 Å². The van der Waals surface area contributed by atoms with Gasteiger partial charge in [0, 0.05) is 18.2 Å². The molecule has 0 aliphatic carbocycles. The molecule has 1 amide bonds. The van der Waals surface area contributed by atoms with Gasteiger partial charge in [-0.2, -0.15) is 0 Å². The van der Waals surface area contributed by atoms with Gasteiger partial charge in [-0.1, -0.05) is 34.7 Å². The van der Waals surface area contributed by atoms with E-state index in [1.807, 2.05) is 14.1 Å². The smallest absolute Gasteiger partial charge is 0.273 e. The van der Waals surface area contributed by atoms with Gasteiger partial charge >= 0.3 is 0 Å². The van der Waals surface area contributed by atoms with Crippen molar-refractivity contribution in [1.29, 1.82) is 0 Å². The second kappa shape index (κ2) is 6.51. The molecule has 18 heavy (non-hydrogen) atoms. The second-order valence-corrected chi connectivity index (χ2v) is 5.50. The molecule has 0 saturated heterocycles. The molecule has 0 saturated carbocycles. The number of nitrogens with zero attached hydrogens (tertiary/aromatic N) is 2. The molecule has 0 aromatic carbocycles. The first-order valence-electron chi connectivity index (χ1n) is 5.90. The molecule has 1 rings (SSSR count). The number of likely N-dealkylation sites (N-methyl/N-ethyl adjacent to an activating group) is 1. The minimum atomic E-state index is -0.184. The first kappa shape index (κ1) is 15.4. The lowest BCUT2D eigenvalue weighted by atomic mass is 9.97. The monoisotopic (exact) mass is 365 g/mol. The van der Waals surface area contributed by atoms with Crippen LogP contribution in [0.4, 0.5) is 0 Å². The maximum Gasteiger partial charge on any atom is 0.273 e. The van der Waals surface area contributed by atoms with Crippen molar-refractivity contribution in [3.8, 4) is 0 Å². The van der Waals surface area contributed by atoms with E-state index in [1.54, 1.807) is 6.07 Å². The molecule has 1 aromatic rings.